The Morgan fingerprint density at radius 3 is 2.48 bits per heavy atom. The highest BCUT2D eigenvalue weighted by atomic mass is 35.5. The number of thiophene rings is 1. The number of pyridine rings is 1. The number of aryl methyl sites for hydroxylation is 1. The van der Waals surface area contributed by atoms with Crippen molar-refractivity contribution in [3.8, 4) is 0 Å². The molecule has 0 aliphatic heterocycles. The first-order valence-corrected chi connectivity index (χ1v) is 7.65. The van der Waals surface area contributed by atoms with Crippen LogP contribution in [0.1, 0.15) is 33.3 Å². The van der Waals surface area contributed by atoms with E-state index in [0.29, 0.717) is 6.42 Å². The zero-order valence-electron chi connectivity index (χ0n) is 12.6. The minimum atomic E-state index is -0.287. The normalized spacial score (nSPS) is 11.4. The number of nitrogens with zero attached hydrogens (tertiary/aromatic N) is 1. The Labute approximate surface area is 151 Å². The molecular formula is C17H18Cl2N2OS. The van der Waals surface area contributed by atoms with Crippen molar-refractivity contribution in [3.05, 3.63) is 64.8 Å². The van der Waals surface area contributed by atoms with Gasteiger partial charge in [0.15, 0.2) is 5.78 Å². The Hall–Kier alpha value is -1.46. The average molecular weight is 369 g/mol. The van der Waals surface area contributed by atoms with Crippen molar-refractivity contribution in [1.82, 2.24) is 4.98 Å². The van der Waals surface area contributed by atoms with E-state index in [1.165, 1.54) is 0 Å². The number of aromatic nitrogens is 1. The van der Waals surface area contributed by atoms with Crippen LogP contribution in [0.3, 0.4) is 0 Å². The van der Waals surface area contributed by atoms with Crippen molar-refractivity contribution in [1.29, 1.82) is 0 Å². The van der Waals surface area contributed by atoms with Gasteiger partial charge in [-0.3, -0.25) is 9.78 Å². The van der Waals surface area contributed by atoms with Gasteiger partial charge in [-0.05, 0) is 41.6 Å². The molecule has 0 saturated heterocycles. The summed E-state index contributed by atoms with van der Waals surface area (Å²) in [7, 11) is 0. The van der Waals surface area contributed by atoms with Crippen LogP contribution in [0, 0.1) is 6.92 Å². The van der Waals surface area contributed by atoms with Crippen molar-refractivity contribution < 1.29 is 4.79 Å². The van der Waals surface area contributed by atoms with E-state index in [1.54, 1.807) is 23.7 Å². The van der Waals surface area contributed by atoms with Gasteiger partial charge in [-0.2, -0.15) is 0 Å². The fourth-order valence-corrected chi connectivity index (χ4v) is 3.62. The van der Waals surface area contributed by atoms with Crippen LogP contribution in [0.15, 0.2) is 48.8 Å². The molecule has 0 amide bonds. The van der Waals surface area contributed by atoms with Crippen LogP contribution >= 0.6 is 36.2 Å². The molecule has 23 heavy (non-hydrogen) atoms. The van der Waals surface area contributed by atoms with Gasteiger partial charge in [-0.25, -0.2) is 0 Å². The predicted molar refractivity (Wildman–Crippen MR) is 101 cm³/mol. The van der Waals surface area contributed by atoms with Gasteiger partial charge in [0.2, 0.25) is 0 Å². The zero-order valence-corrected chi connectivity index (χ0v) is 15.0. The summed E-state index contributed by atoms with van der Waals surface area (Å²) in [6.07, 6.45) is 3.71. The number of hydrogen-bond acceptors (Lipinski definition) is 4. The average Bonchev–Trinajstić information content (AvgIpc) is 2.86. The molecule has 3 nitrogen and oxygen atoms in total. The van der Waals surface area contributed by atoms with Gasteiger partial charge < -0.3 is 5.73 Å². The lowest BCUT2D eigenvalue weighted by Crippen LogP contribution is -2.15. The third-order valence-electron chi connectivity index (χ3n) is 3.64. The molecule has 0 bridgehead atoms. The molecule has 1 aromatic carbocycles. The van der Waals surface area contributed by atoms with Crippen molar-refractivity contribution in [2.24, 2.45) is 5.73 Å². The topological polar surface area (TPSA) is 56.0 Å². The number of rotatable bonds is 4. The molecule has 0 spiro atoms. The van der Waals surface area contributed by atoms with Gasteiger partial charge >= 0.3 is 0 Å². The largest absolute Gasteiger partial charge is 0.324 e. The summed E-state index contributed by atoms with van der Waals surface area (Å²) < 4.78 is 1.15. The number of ketones is 1. The number of nitrogens with two attached hydrogens (primary N) is 1. The van der Waals surface area contributed by atoms with Crippen molar-refractivity contribution in [2.75, 3.05) is 0 Å². The molecule has 2 heterocycles. The van der Waals surface area contributed by atoms with Crippen LogP contribution in [0.4, 0.5) is 0 Å². The molecule has 3 aromatic rings. The quantitative estimate of drug-likeness (QED) is 0.677. The molecule has 0 saturated carbocycles. The van der Waals surface area contributed by atoms with Gasteiger partial charge in [-0.15, -0.1) is 36.2 Å². The second kappa shape index (κ2) is 8.41. The van der Waals surface area contributed by atoms with E-state index < -0.39 is 0 Å². The summed E-state index contributed by atoms with van der Waals surface area (Å²) in [4.78, 5) is 17.3. The van der Waals surface area contributed by atoms with Gasteiger partial charge in [0.05, 0.1) is 4.88 Å². The van der Waals surface area contributed by atoms with E-state index in [0.717, 1.165) is 26.1 Å². The Morgan fingerprint density at radius 1 is 1.17 bits per heavy atom. The molecule has 1 unspecified atom stereocenters. The van der Waals surface area contributed by atoms with Crippen LogP contribution in [0.25, 0.3) is 10.1 Å². The number of Topliss-reactive ketones (excluding diaryl/α,β-unsaturated/α-hetero) is 1. The van der Waals surface area contributed by atoms with Crippen molar-refractivity contribution in [3.63, 3.8) is 0 Å². The molecule has 1 atom stereocenters. The standard InChI is InChI=1S/C17H16N2OS.2ClH/c1-11-13-4-2-3-5-16(13)21-17(11)15(20)10-14(18)12-6-8-19-9-7-12;;/h2-9,14H,10,18H2,1H3;2*1H. The van der Waals surface area contributed by atoms with E-state index in [1.807, 2.05) is 37.3 Å². The molecule has 0 radical (unpaired) electrons. The maximum atomic E-state index is 12.5. The van der Waals surface area contributed by atoms with Crippen LogP contribution in [0.2, 0.25) is 0 Å². The summed E-state index contributed by atoms with van der Waals surface area (Å²) in [5.41, 5.74) is 8.13. The number of carbonyl (C=O) groups is 1. The number of hydrogen-bond donors (Lipinski definition) is 1. The van der Waals surface area contributed by atoms with Gasteiger partial charge in [-0.1, -0.05) is 18.2 Å². The van der Waals surface area contributed by atoms with Gasteiger partial charge in [0, 0.05) is 29.6 Å². The third-order valence-corrected chi connectivity index (χ3v) is 4.95. The maximum absolute atomic E-state index is 12.5. The summed E-state index contributed by atoms with van der Waals surface area (Å²) in [5, 5.41) is 1.16. The van der Waals surface area contributed by atoms with Crippen LogP contribution < -0.4 is 5.73 Å². The Morgan fingerprint density at radius 2 is 1.83 bits per heavy atom. The first-order chi connectivity index (χ1) is 10.2. The lowest BCUT2D eigenvalue weighted by atomic mass is 10.0. The summed E-state index contributed by atoms with van der Waals surface area (Å²) in [6, 6.07) is 11.5. The van der Waals surface area contributed by atoms with Gasteiger partial charge in [0.1, 0.15) is 0 Å². The Balaban J connectivity index is 0.00000132. The molecule has 0 aliphatic rings. The lowest BCUT2D eigenvalue weighted by molar-refractivity contribution is 0.0978. The fourth-order valence-electron chi connectivity index (χ4n) is 2.46. The predicted octanol–water partition coefficient (Wildman–Crippen LogP) is 4.72. The molecule has 2 N–H and O–H groups in total. The maximum Gasteiger partial charge on any atom is 0.174 e. The first kappa shape index (κ1) is 19.6. The molecule has 6 heteroatoms. The van der Waals surface area contributed by atoms with Crippen LogP contribution in [-0.4, -0.2) is 10.8 Å². The number of benzene rings is 1. The van der Waals surface area contributed by atoms with Crippen LogP contribution in [0.5, 0.6) is 0 Å². The molecule has 122 valence electrons. The number of carbonyl (C=O) groups excluding carboxylic acids is 1. The minimum Gasteiger partial charge on any atom is -0.324 e. The lowest BCUT2D eigenvalue weighted by Gasteiger charge is -2.10. The summed E-state index contributed by atoms with van der Waals surface area (Å²) >= 11 is 1.55. The highest BCUT2D eigenvalue weighted by molar-refractivity contribution is 7.21. The molecule has 2 aromatic heterocycles. The van der Waals surface area contributed by atoms with E-state index in [2.05, 4.69) is 11.1 Å². The summed E-state index contributed by atoms with van der Waals surface area (Å²) in [6.45, 7) is 2.00. The molecule has 0 fully saturated rings. The number of halogens is 2. The molecule has 3 rings (SSSR count). The fraction of sp³-hybridized carbons (Fsp3) is 0.176. The molecule has 0 aliphatic carbocycles. The third kappa shape index (κ3) is 4.09. The first-order valence-electron chi connectivity index (χ1n) is 6.83. The smallest absolute Gasteiger partial charge is 0.174 e. The highest BCUT2D eigenvalue weighted by Gasteiger charge is 2.18. The minimum absolute atomic E-state index is 0. The zero-order chi connectivity index (χ0) is 14.8. The highest BCUT2D eigenvalue weighted by Crippen LogP contribution is 2.32. The van der Waals surface area contributed by atoms with Crippen LogP contribution in [-0.2, 0) is 0 Å². The van der Waals surface area contributed by atoms with Gasteiger partial charge in [0.25, 0.3) is 0 Å². The molecular weight excluding hydrogens is 351 g/mol. The Bertz CT molecular complexity index is 790. The van der Waals surface area contributed by atoms with Crippen molar-refractivity contribution in [2.45, 2.75) is 19.4 Å². The van der Waals surface area contributed by atoms with E-state index in [4.69, 9.17) is 5.73 Å². The second-order valence-corrected chi connectivity index (χ2v) is 6.12. The second-order valence-electron chi connectivity index (χ2n) is 5.07. The van der Waals surface area contributed by atoms with E-state index >= 15 is 0 Å². The SMILES string of the molecule is Cc1c(C(=O)CC(N)c2ccncc2)sc2ccccc12.Cl.Cl. The monoisotopic (exact) mass is 368 g/mol. The Kier molecular flexibility index (Phi) is 7.16. The summed E-state index contributed by atoms with van der Waals surface area (Å²) in [5.74, 6) is 0.109. The van der Waals surface area contributed by atoms with E-state index in [9.17, 15) is 4.79 Å². The number of fused-ring (bicyclic) bond motifs is 1. The van der Waals surface area contributed by atoms with E-state index in [-0.39, 0.29) is 36.6 Å². The van der Waals surface area contributed by atoms with Crippen molar-refractivity contribution >= 4 is 52.0 Å².